The number of carboxylic acids is 1. The smallest absolute Gasteiger partial charge is 0.320 e. The Morgan fingerprint density at radius 3 is 2.00 bits per heavy atom. The molecule has 0 bridgehead atoms. The highest BCUT2D eigenvalue weighted by atomic mass is 16.6. The summed E-state index contributed by atoms with van der Waals surface area (Å²) in [5.74, 6) is -0.963. The molecular weight excluding hydrogens is 250 g/mol. The fourth-order valence-electron chi connectivity index (χ4n) is 1.08. The van der Waals surface area contributed by atoms with E-state index in [1.54, 1.807) is 0 Å². The van der Waals surface area contributed by atoms with Gasteiger partial charge in [0.05, 0.1) is 6.61 Å². The molecule has 0 radical (unpaired) electrons. The van der Waals surface area contributed by atoms with Crippen molar-refractivity contribution in [2.24, 2.45) is 5.73 Å². The predicted molar refractivity (Wildman–Crippen MR) is 57.3 cm³/mol. The minimum absolute atomic E-state index is 0.526. The summed E-state index contributed by atoms with van der Waals surface area (Å²) in [5.41, 5.74) is 4.84. The zero-order valence-electron chi connectivity index (χ0n) is 9.75. The summed E-state index contributed by atoms with van der Waals surface area (Å²) in [4.78, 5) is 9.57. The van der Waals surface area contributed by atoms with Crippen molar-refractivity contribution >= 4 is 5.97 Å². The zero-order chi connectivity index (χ0) is 14.5. The molecule has 1 rings (SSSR count). The highest BCUT2D eigenvalue weighted by molar-refractivity contribution is 5.72. The Balaban J connectivity index is 0.000000411. The van der Waals surface area contributed by atoms with Crippen molar-refractivity contribution in [3.05, 3.63) is 0 Å². The summed E-state index contributed by atoms with van der Waals surface area (Å²) in [5, 5.41) is 52.5. The Hall–Kier alpha value is -0.810. The second kappa shape index (κ2) is 7.59. The summed E-state index contributed by atoms with van der Waals surface area (Å²) in [7, 11) is 0. The molecule has 0 saturated carbocycles. The summed E-state index contributed by atoms with van der Waals surface area (Å²) in [6.07, 6.45) is -7.04. The highest BCUT2D eigenvalue weighted by Gasteiger charge is 2.42. The van der Waals surface area contributed by atoms with Crippen molar-refractivity contribution in [3.63, 3.8) is 0 Å². The number of carboxylic acid groups (broad SMARTS) is 1. The molecule has 1 aliphatic rings. The van der Waals surface area contributed by atoms with Gasteiger partial charge in [-0.25, -0.2) is 0 Å². The summed E-state index contributed by atoms with van der Waals surface area (Å²) in [6.45, 7) is 0.893. The Morgan fingerprint density at radius 1 is 1.22 bits per heavy atom. The third-order valence-electron chi connectivity index (χ3n) is 2.26. The summed E-state index contributed by atoms with van der Waals surface area (Å²) < 4.78 is 4.58. The summed E-state index contributed by atoms with van der Waals surface area (Å²) in [6, 6.07) is -0.731. The first-order valence-electron chi connectivity index (χ1n) is 5.19. The number of aliphatic hydroxyl groups is 5. The Morgan fingerprint density at radius 2 is 1.67 bits per heavy atom. The SMILES string of the molecule is CC(N)C(=O)O.OC[C@H]1OC(O)[C@H](O)[C@@H](O)[C@@H]1O. The van der Waals surface area contributed by atoms with E-state index < -0.39 is 49.3 Å². The minimum Gasteiger partial charge on any atom is -0.480 e. The van der Waals surface area contributed by atoms with E-state index >= 15 is 0 Å². The molecule has 1 heterocycles. The monoisotopic (exact) mass is 269 g/mol. The predicted octanol–water partition coefficient (Wildman–Crippen LogP) is -3.80. The minimum atomic E-state index is -1.57. The number of aliphatic hydroxyl groups excluding tert-OH is 5. The van der Waals surface area contributed by atoms with E-state index in [9.17, 15) is 4.79 Å². The zero-order valence-corrected chi connectivity index (χ0v) is 9.75. The standard InChI is InChI=1S/C6H12O6.C3H7NO2/c7-1-2-3(8)4(9)5(10)6(11)12-2;1-2(4)3(5)6/h2-11H,1H2;2H,4H2,1H3,(H,5,6)/t2-,3-,4+,5-,6?;/m1./s1. The first-order valence-corrected chi connectivity index (χ1v) is 5.19. The van der Waals surface area contributed by atoms with E-state index in [1.165, 1.54) is 6.92 Å². The third-order valence-corrected chi connectivity index (χ3v) is 2.26. The molecule has 9 heteroatoms. The molecule has 0 spiro atoms. The van der Waals surface area contributed by atoms with Gasteiger partial charge < -0.3 is 41.1 Å². The van der Waals surface area contributed by atoms with Crippen LogP contribution in [0.25, 0.3) is 0 Å². The molecule has 1 saturated heterocycles. The van der Waals surface area contributed by atoms with E-state index in [1.807, 2.05) is 0 Å². The molecule has 1 fully saturated rings. The molecule has 0 aromatic rings. The molecule has 2 unspecified atom stereocenters. The molecule has 1 aliphatic heterocycles. The van der Waals surface area contributed by atoms with E-state index in [0.717, 1.165) is 0 Å². The van der Waals surface area contributed by atoms with E-state index in [-0.39, 0.29) is 0 Å². The molecule has 9 nitrogen and oxygen atoms in total. The molecule has 8 N–H and O–H groups in total. The van der Waals surface area contributed by atoms with Gasteiger partial charge in [0, 0.05) is 0 Å². The van der Waals surface area contributed by atoms with Crippen LogP contribution >= 0.6 is 0 Å². The Kier molecular flexibility index (Phi) is 7.25. The van der Waals surface area contributed by atoms with Gasteiger partial charge in [-0.3, -0.25) is 4.79 Å². The lowest BCUT2D eigenvalue weighted by Crippen LogP contribution is -2.58. The van der Waals surface area contributed by atoms with Gasteiger partial charge in [0.25, 0.3) is 0 Å². The first kappa shape index (κ1) is 17.2. The van der Waals surface area contributed by atoms with Gasteiger partial charge >= 0.3 is 5.97 Å². The molecular formula is C9H19NO8. The van der Waals surface area contributed by atoms with Crippen LogP contribution in [0.2, 0.25) is 0 Å². The lowest BCUT2D eigenvalue weighted by Gasteiger charge is -2.37. The molecule has 0 aromatic heterocycles. The van der Waals surface area contributed by atoms with Crippen LogP contribution in [-0.4, -0.2) is 80.0 Å². The molecule has 108 valence electrons. The van der Waals surface area contributed by atoms with Crippen molar-refractivity contribution in [2.45, 2.75) is 43.7 Å². The summed E-state index contributed by atoms with van der Waals surface area (Å²) >= 11 is 0. The molecule has 18 heavy (non-hydrogen) atoms. The molecule has 0 aliphatic carbocycles. The second-order valence-electron chi connectivity index (χ2n) is 3.85. The number of ether oxygens (including phenoxy) is 1. The van der Waals surface area contributed by atoms with Crippen LogP contribution < -0.4 is 5.73 Å². The van der Waals surface area contributed by atoms with Crippen LogP contribution in [0.5, 0.6) is 0 Å². The van der Waals surface area contributed by atoms with Crippen molar-refractivity contribution in [2.75, 3.05) is 6.61 Å². The average molecular weight is 269 g/mol. The Bertz CT molecular complexity index is 256. The molecule has 0 aromatic carbocycles. The van der Waals surface area contributed by atoms with Crippen molar-refractivity contribution in [3.8, 4) is 0 Å². The number of carbonyl (C=O) groups is 1. The van der Waals surface area contributed by atoms with Crippen molar-refractivity contribution < 1.29 is 40.2 Å². The highest BCUT2D eigenvalue weighted by Crippen LogP contribution is 2.18. The fourth-order valence-corrected chi connectivity index (χ4v) is 1.08. The number of aliphatic carboxylic acids is 1. The van der Waals surface area contributed by atoms with Crippen molar-refractivity contribution in [1.82, 2.24) is 0 Å². The first-order chi connectivity index (χ1) is 8.22. The topological polar surface area (TPSA) is 174 Å². The van der Waals surface area contributed by atoms with Gasteiger partial charge in [-0.2, -0.15) is 0 Å². The van der Waals surface area contributed by atoms with Gasteiger partial charge in [-0.15, -0.1) is 0 Å². The van der Waals surface area contributed by atoms with Gasteiger partial charge in [-0.1, -0.05) is 0 Å². The third kappa shape index (κ3) is 4.82. The Labute approximate surface area is 103 Å². The van der Waals surface area contributed by atoms with Crippen LogP contribution in [0.1, 0.15) is 6.92 Å². The lowest BCUT2D eigenvalue weighted by atomic mass is 10.00. The largest absolute Gasteiger partial charge is 0.480 e. The number of nitrogens with two attached hydrogens (primary N) is 1. The van der Waals surface area contributed by atoms with Gasteiger partial charge in [-0.05, 0) is 6.92 Å². The molecule has 0 amide bonds. The second-order valence-corrected chi connectivity index (χ2v) is 3.85. The number of hydrogen-bond donors (Lipinski definition) is 7. The normalized spacial score (nSPS) is 37.4. The van der Waals surface area contributed by atoms with Gasteiger partial charge in [0.1, 0.15) is 30.5 Å². The van der Waals surface area contributed by atoms with E-state index in [0.29, 0.717) is 0 Å². The maximum Gasteiger partial charge on any atom is 0.320 e. The van der Waals surface area contributed by atoms with Crippen LogP contribution in [-0.2, 0) is 9.53 Å². The number of hydrogen-bond acceptors (Lipinski definition) is 8. The van der Waals surface area contributed by atoms with Crippen molar-refractivity contribution in [1.29, 1.82) is 0 Å². The van der Waals surface area contributed by atoms with Crippen LogP contribution in [0.15, 0.2) is 0 Å². The van der Waals surface area contributed by atoms with Crippen LogP contribution in [0.4, 0.5) is 0 Å². The van der Waals surface area contributed by atoms with Crippen LogP contribution in [0, 0.1) is 0 Å². The quantitative estimate of drug-likeness (QED) is 0.265. The molecule has 6 atom stereocenters. The van der Waals surface area contributed by atoms with Gasteiger partial charge in [0.2, 0.25) is 0 Å². The van der Waals surface area contributed by atoms with E-state index in [2.05, 4.69) is 4.74 Å². The maximum absolute atomic E-state index is 9.57. The van der Waals surface area contributed by atoms with Gasteiger partial charge in [0.15, 0.2) is 6.29 Å². The average Bonchev–Trinajstić information content (AvgIpc) is 2.31. The van der Waals surface area contributed by atoms with E-state index in [4.69, 9.17) is 36.4 Å². The number of rotatable bonds is 2. The maximum atomic E-state index is 9.57. The lowest BCUT2D eigenvalue weighted by molar-refractivity contribution is -0.286. The fraction of sp³-hybridized carbons (Fsp3) is 0.889. The van der Waals surface area contributed by atoms with Crippen LogP contribution in [0.3, 0.4) is 0 Å².